The minimum Gasteiger partial charge on any atom is -0.367 e. The Kier molecular flexibility index (Phi) is 4.53. The molecule has 0 spiro atoms. The van der Waals surface area contributed by atoms with E-state index in [4.69, 9.17) is 4.74 Å². The maximum atomic E-state index is 11.5. The molecule has 1 aliphatic rings. The predicted molar refractivity (Wildman–Crippen MR) is 65.5 cm³/mol. The fourth-order valence-corrected chi connectivity index (χ4v) is 1.81. The molecule has 1 atom stereocenters. The Morgan fingerprint density at radius 2 is 2.24 bits per heavy atom. The van der Waals surface area contributed by atoms with Gasteiger partial charge in [0.25, 0.3) is 0 Å². The first-order valence-electron chi connectivity index (χ1n) is 5.97. The van der Waals surface area contributed by atoms with Crippen molar-refractivity contribution in [3.8, 4) is 0 Å². The number of hydrogen-bond acceptors (Lipinski definition) is 3. The molecule has 2 rings (SSSR count). The van der Waals surface area contributed by atoms with E-state index in [1.807, 2.05) is 30.3 Å². The molecule has 2 N–H and O–H groups in total. The van der Waals surface area contributed by atoms with Crippen LogP contribution in [0.1, 0.15) is 12.0 Å². The average molecular weight is 234 g/mol. The molecule has 1 amide bonds. The van der Waals surface area contributed by atoms with Gasteiger partial charge in [0.15, 0.2) is 0 Å². The van der Waals surface area contributed by atoms with Gasteiger partial charge >= 0.3 is 0 Å². The normalized spacial score (nSPS) is 19.2. The van der Waals surface area contributed by atoms with Gasteiger partial charge in [-0.15, -0.1) is 0 Å². The van der Waals surface area contributed by atoms with Crippen LogP contribution >= 0.6 is 0 Å². The van der Waals surface area contributed by atoms with Gasteiger partial charge in [0.05, 0.1) is 6.10 Å². The number of carbonyl (C=O) groups excluding carboxylic acids is 1. The van der Waals surface area contributed by atoms with Crippen LogP contribution in [0.2, 0.25) is 0 Å². The molecule has 0 aliphatic carbocycles. The average Bonchev–Trinajstić information content (AvgIpc) is 2.88. The zero-order valence-corrected chi connectivity index (χ0v) is 9.82. The minimum absolute atomic E-state index is 0.0549. The van der Waals surface area contributed by atoms with Gasteiger partial charge in [-0.2, -0.15) is 0 Å². The van der Waals surface area contributed by atoms with Gasteiger partial charge in [-0.25, -0.2) is 0 Å². The fraction of sp³-hybridized carbons (Fsp3) is 0.462. The maximum Gasteiger partial charge on any atom is 0.246 e. The highest BCUT2D eigenvalue weighted by molar-refractivity contribution is 5.77. The van der Waals surface area contributed by atoms with Crippen molar-refractivity contribution < 1.29 is 9.53 Å². The first kappa shape index (κ1) is 12.1. The second kappa shape index (κ2) is 6.37. The molecule has 1 aliphatic heterocycles. The summed E-state index contributed by atoms with van der Waals surface area (Å²) in [6.45, 7) is 2.55. The Labute approximate surface area is 101 Å². The summed E-state index contributed by atoms with van der Waals surface area (Å²) < 4.78 is 5.48. The number of amides is 1. The first-order valence-corrected chi connectivity index (χ1v) is 5.97. The van der Waals surface area contributed by atoms with Gasteiger partial charge < -0.3 is 15.4 Å². The van der Waals surface area contributed by atoms with Crippen LogP contribution in [0.4, 0.5) is 0 Å². The van der Waals surface area contributed by atoms with Gasteiger partial charge in [0, 0.05) is 13.1 Å². The van der Waals surface area contributed by atoms with E-state index < -0.39 is 0 Å². The van der Waals surface area contributed by atoms with Crippen LogP contribution in [0, 0.1) is 0 Å². The van der Waals surface area contributed by atoms with Crippen LogP contribution in [0.3, 0.4) is 0 Å². The van der Waals surface area contributed by atoms with Gasteiger partial charge in [0.1, 0.15) is 6.61 Å². The van der Waals surface area contributed by atoms with Crippen molar-refractivity contribution in [2.45, 2.75) is 19.1 Å². The van der Waals surface area contributed by atoms with Crippen LogP contribution in [0.5, 0.6) is 0 Å². The Bertz CT molecular complexity index is 348. The third kappa shape index (κ3) is 4.17. The van der Waals surface area contributed by atoms with E-state index in [9.17, 15) is 4.79 Å². The van der Waals surface area contributed by atoms with Crippen LogP contribution in [0.25, 0.3) is 0 Å². The highest BCUT2D eigenvalue weighted by Crippen LogP contribution is 2.02. The molecule has 0 saturated carbocycles. The van der Waals surface area contributed by atoms with Gasteiger partial charge in [-0.3, -0.25) is 4.79 Å². The summed E-state index contributed by atoms with van der Waals surface area (Å²) in [6, 6.07) is 9.86. The number of rotatable bonds is 5. The largest absolute Gasteiger partial charge is 0.367 e. The molecule has 1 unspecified atom stereocenters. The molecule has 4 heteroatoms. The third-order valence-corrected chi connectivity index (χ3v) is 2.80. The molecule has 1 heterocycles. The Hall–Kier alpha value is -1.39. The fourth-order valence-electron chi connectivity index (χ4n) is 1.81. The number of nitrogens with one attached hydrogen (secondary N) is 2. The molecule has 1 aromatic carbocycles. The SMILES string of the molecule is O=C(COC1CCNC1)NCc1ccccc1. The van der Waals surface area contributed by atoms with Crippen molar-refractivity contribution in [1.29, 1.82) is 0 Å². The van der Waals surface area contributed by atoms with E-state index in [0.29, 0.717) is 6.54 Å². The number of hydrogen-bond donors (Lipinski definition) is 2. The lowest BCUT2D eigenvalue weighted by Crippen LogP contribution is -2.30. The topological polar surface area (TPSA) is 50.4 Å². The summed E-state index contributed by atoms with van der Waals surface area (Å²) in [5, 5.41) is 6.04. The molecular weight excluding hydrogens is 216 g/mol. The third-order valence-electron chi connectivity index (χ3n) is 2.80. The lowest BCUT2D eigenvalue weighted by molar-refractivity contribution is -0.127. The Balaban J connectivity index is 1.64. The maximum absolute atomic E-state index is 11.5. The Morgan fingerprint density at radius 3 is 2.94 bits per heavy atom. The van der Waals surface area contributed by atoms with Crippen molar-refractivity contribution in [1.82, 2.24) is 10.6 Å². The van der Waals surface area contributed by atoms with Crippen LogP contribution in [-0.2, 0) is 16.1 Å². The molecule has 0 radical (unpaired) electrons. The van der Waals surface area contributed by atoms with E-state index in [0.717, 1.165) is 25.1 Å². The summed E-state index contributed by atoms with van der Waals surface area (Å²) in [6.07, 6.45) is 1.18. The number of benzene rings is 1. The summed E-state index contributed by atoms with van der Waals surface area (Å²) in [4.78, 5) is 11.5. The van der Waals surface area contributed by atoms with E-state index in [1.54, 1.807) is 0 Å². The monoisotopic (exact) mass is 234 g/mol. The molecule has 1 aromatic rings. The minimum atomic E-state index is -0.0549. The predicted octanol–water partition coefficient (Wildman–Crippen LogP) is 0.681. The highest BCUT2D eigenvalue weighted by atomic mass is 16.5. The highest BCUT2D eigenvalue weighted by Gasteiger charge is 2.15. The zero-order chi connectivity index (χ0) is 11.9. The van der Waals surface area contributed by atoms with E-state index in [2.05, 4.69) is 10.6 Å². The van der Waals surface area contributed by atoms with Crippen molar-refractivity contribution in [3.05, 3.63) is 35.9 Å². The second-order valence-corrected chi connectivity index (χ2v) is 4.19. The molecular formula is C13H18N2O2. The molecule has 1 fully saturated rings. The van der Waals surface area contributed by atoms with Gasteiger partial charge in [-0.1, -0.05) is 30.3 Å². The molecule has 0 bridgehead atoms. The van der Waals surface area contributed by atoms with E-state index in [-0.39, 0.29) is 18.6 Å². The van der Waals surface area contributed by atoms with Crippen LogP contribution in [-0.4, -0.2) is 31.7 Å². The van der Waals surface area contributed by atoms with Crippen LogP contribution in [0.15, 0.2) is 30.3 Å². The van der Waals surface area contributed by atoms with Crippen molar-refractivity contribution >= 4 is 5.91 Å². The second-order valence-electron chi connectivity index (χ2n) is 4.19. The zero-order valence-electron chi connectivity index (χ0n) is 9.82. The molecule has 0 aromatic heterocycles. The molecule has 92 valence electrons. The van der Waals surface area contributed by atoms with E-state index in [1.165, 1.54) is 0 Å². The van der Waals surface area contributed by atoms with Crippen molar-refractivity contribution in [2.75, 3.05) is 19.7 Å². The van der Waals surface area contributed by atoms with Crippen molar-refractivity contribution in [3.63, 3.8) is 0 Å². The summed E-state index contributed by atoms with van der Waals surface area (Å²) in [5.41, 5.74) is 1.10. The summed E-state index contributed by atoms with van der Waals surface area (Å²) in [7, 11) is 0. The lowest BCUT2D eigenvalue weighted by Gasteiger charge is -2.10. The van der Waals surface area contributed by atoms with E-state index >= 15 is 0 Å². The summed E-state index contributed by atoms with van der Waals surface area (Å²) >= 11 is 0. The Morgan fingerprint density at radius 1 is 1.41 bits per heavy atom. The smallest absolute Gasteiger partial charge is 0.246 e. The number of ether oxygens (including phenoxy) is 1. The van der Waals surface area contributed by atoms with Crippen molar-refractivity contribution in [2.24, 2.45) is 0 Å². The number of carbonyl (C=O) groups is 1. The van der Waals surface area contributed by atoms with Gasteiger partial charge in [-0.05, 0) is 18.5 Å². The molecule has 17 heavy (non-hydrogen) atoms. The van der Waals surface area contributed by atoms with Gasteiger partial charge in [0.2, 0.25) is 5.91 Å². The van der Waals surface area contributed by atoms with Crippen LogP contribution < -0.4 is 10.6 Å². The quantitative estimate of drug-likeness (QED) is 0.787. The first-order chi connectivity index (χ1) is 8.34. The standard InChI is InChI=1S/C13H18N2O2/c16-13(10-17-12-6-7-14-9-12)15-8-11-4-2-1-3-5-11/h1-5,12,14H,6-10H2,(H,15,16). The lowest BCUT2D eigenvalue weighted by atomic mass is 10.2. The molecule has 4 nitrogen and oxygen atoms in total. The summed E-state index contributed by atoms with van der Waals surface area (Å²) in [5.74, 6) is -0.0549. The molecule has 1 saturated heterocycles.